The van der Waals surface area contributed by atoms with Gasteiger partial charge < -0.3 is 10.6 Å². The second kappa shape index (κ2) is 3.15. The SMILES string of the molecule is CCC1(CC)CN(c2n[nH]c(N)n2)C1. The summed E-state index contributed by atoms with van der Waals surface area (Å²) >= 11 is 0. The van der Waals surface area contributed by atoms with Gasteiger partial charge in [-0.15, -0.1) is 5.10 Å². The quantitative estimate of drug-likeness (QED) is 0.755. The number of H-pyrrole nitrogens is 1. The zero-order valence-electron chi connectivity index (χ0n) is 8.75. The minimum absolute atomic E-state index is 0.394. The number of nitrogens with zero attached hydrogens (tertiary/aromatic N) is 3. The summed E-state index contributed by atoms with van der Waals surface area (Å²) in [5, 5.41) is 6.69. The standard InChI is InChI=1S/C9H17N5/c1-3-9(4-2)5-14(6-9)8-11-7(10)12-13-8/h3-6H2,1-2H3,(H3,10,11,12,13). The second-order valence-electron chi connectivity index (χ2n) is 4.08. The molecule has 0 aliphatic carbocycles. The third kappa shape index (κ3) is 1.32. The van der Waals surface area contributed by atoms with Gasteiger partial charge in [0.1, 0.15) is 0 Å². The predicted molar refractivity (Wildman–Crippen MR) is 56.0 cm³/mol. The first kappa shape index (κ1) is 9.30. The molecule has 0 aromatic carbocycles. The van der Waals surface area contributed by atoms with Crippen LogP contribution in [0.5, 0.6) is 0 Å². The molecule has 78 valence electrons. The van der Waals surface area contributed by atoms with Crippen molar-refractivity contribution in [2.45, 2.75) is 26.7 Å². The fourth-order valence-electron chi connectivity index (χ4n) is 2.01. The Morgan fingerprint density at radius 3 is 2.50 bits per heavy atom. The van der Waals surface area contributed by atoms with E-state index in [1.54, 1.807) is 0 Å². The van der Waals surface area contributed by atoms with Gasteiger partial charge in [0.2, 0.25) is 11.9 Å². The summed E-state index contributed by atoms with van der Waals surface area (Å²) in [5.41, 5.74) is 5.95. The lowest BCUT2D eigenvalue weighted by Gasteiger charge is -2.49. The number of nitrogens with two attached hydrogens (primary N) is 1. The molecule has 0 saturated carbocycles. The number of aromatic nitrogens is 3. The fourth-order valence-corrected chi connectivity index (χ4v) is 2.01. The summed E-state index contributed by atoms with van der Waals surface area (Å²) in [7, 11) is 0. The number of anilines is 2. The van der Waals surface area contributed by atoms with Gasteiger partial charge in [0.25, 0.3) is 0 Å². The van der Waals surface area contributed by atoms with Gasteiger partial charge in [-0.25, -0.2) is 5.10 Å². The monoisotopic (exact) mass is 195 g/mol. The summed E-state index contributed by atoms with van der Waals surface area (Å²) in [6, 6.07) is 0. The minimum Gasteiger partial charge on any atom is -0.368 e. The van der Waals surface area contributed by atoms with E-state index >= 15 is 0 Å². The van der Waals surface area contributed by atoms with Gasteiger partial charge in [-0.2, -0.15) is 4.98 Å². The Bertz CT molecular complexity index is 307. The highest BCUT2D eigenvalue weighted by Gasteiger charge is 2.41. The van der Waals surface area contributed by atoms with Crippen LogP contribution >= 0.6 is 0 Å². The van der Waals surface area contributed by atoms with E-state index in [1.807, 2.05) is 0 Å². The Morgan fingerprint density at radius 1 is 1.43 bits per heavy atom. The summed E-state index contributed by atoms with van der Waals surface area (Å²) in [6.07, 6.45) is 2.44. The molecule has 1 saturated heterocycles. The molecule has 1 aromatic rings. The van der Waals surface area contributed by atoms with Crippen LogP contribution in [0.1, 0.15) is 26.7 Å². The minimum atomic E-state index is 0.394. The second-order valence-corrected chi connectivity index (χ2v) is 4.08. The van der Waals surface area contributed by atoms with Crippen molar-refractivity contribution >= 4 is 11.9 Å². The maximum Gasteiger partial charge on any atom is 0.246 e. The Morgan fingerprint density at radius 2 is 2.07 bits per heavy atom. The third-order valence-electron chi connectivity index (χ3n) is 3.33. The molecule has 5 heteroatoms. The number of hydrogen-bond donors (Lipinski definition) is 2. The van der Waals surface area contributed by atoms with Crippen LogP contribution in [0.4, 0.5) is 11.9 Å². The lowest BCUT2D eigenvalue weighted by atomic mass is 9.75. The molecule has 0 amide bonds. The maximum atomic E-state index is 5.47. The van der Waals surface area contributed by atoms with Crippen molar-refractivity contribution in [3.8, 4) is 0 Å². The average molecular weight is 195 g/mol. The Hall–Kier alpha value is -1.26. The summed E-state index contributed by atoms with van der Waals surface area (Å²) in [5.74, 6) is 1.13. The van der Waals surface area contributed by atoms with E-state index in [1.165, 1.54) is 12.8 Å². The first-order chi connectivity index (χ1) is 6.69. The van der Waals surface area contributed by atoms with E-state index in [9.17, 15) is 0 Å². The molecule has 0 spiro atoms. The van der Waals surface area contributed by atoms with E-state index in [2.05, 4.69) is 33.9 Å². The molecule has 5 nitrogen and oxygen atoms in total. The van der Waals surface area contributed by atoms with Crippen LogP contribution in [0, 0.1) is 5.41 Å². The van der Waals surface area contributed by atoms with Crippen molar-refractivity contribution in [2.75, 3.05) is 23.7 Å². The van der Waals surface area contributed by atoms with Gasteiger partial charge in [0, 0.05) is 18.5 Å². The van der Waals surface area contributed by atoms with Crippen molar-refractivity contribution in [1.82, 2.24) is 15.2 Å². The molecule has 0 bridgehead atoms. The molecule has 1 aliphatic rings. The molecule has 1 fully saturated rings. The van der Waals surface area contributed by atoms with Crippen LogP contribution in [0.25, 0.3) is 0 Å². The molecule has 14 heavy (non-hydrogen) atoms. The number of rotatable bonds is 3. The van der Waals surface area contributed by atoms with Gasteiger partial charge in [-0.3, -0.25) is 0 Å². The maximum absolute atomic E-state index is 5.47. The van der Waals surface area contributed by atoms with Crippen LogP contribution in [0.15, 0.2) is 0 Å². The van der Waals surface area contributed by atoms with Crippen molar-refractivity contribution in [2.24, 2.45) is 5.41 Å². The molecule has 0 unspecified atom stereocenters. The molecule has 3 N–H and O–H groups in total. The lowest BCUT2D eigenvalue weighted by molar-refractivity contribution is 0.192. The molecule has 0 atom stereocenters. The van der Waals surface area contributed by atoms with Crippen LogP contribution < -0.4 is 10.6 Å². The Kier molecular flexibility index (Phi) is 2.09. The first-order valence-corrected chi connectivity index (χ1v) is 5.12. The molecule has 2 heterocycles. The number of aromatic amines is 1. The highest BCUT2D eigenvalue weighted by atomic mass is 15.4. The van der Waals surface area contributed by atoms with E-state index in [0.29, 0.717) is 11.4 Å². The van der Waals surface area contributed by atoms with Gasteiger partial charge >= 0.3 is 0 Å². The first-order valence-electron chi connectivity index (χ1n) is 5.12. The summed E-state index contributed by atoms with van der Waals surface area (Å²) in [4.78, 5) is 6.27. The third-order valence-corrected chi connectivity index (χ3v) is 3.33. The number of nitrogens with one attached hydrogen (secondary N) is 1. The normalized spacial score (nSPS) is 19.4. The highest BCUT2D eigenvalue weighted by Crippen LogP contribution is 2.38. The molecular formula is C9H17N5. The summed E-state index contributed by atoms with van der Waals surface area (Å²) in [6.45, 7) is 6.59. The van der Waals surface area contributed by atoms with E-state index < -0.39 is 0 Å². The largest absolute Gasteiger partial charge is 0.368 e. The smallest absolute Gasteiger partial charge is 0.246 e. The van der Waals surface area contributed by atoms with Crippen LogP contribution in [0.2, 0.25) is 0 Å². The van der Waals surface area contributed by atoms with E-state index in [4.69, 9.17) is 5.73 Å². The van der Waals surface area contributed by atoms with Gasteiger partial charge in [-0.1, -0.05) is 13.8 Å². The lowest BCUT2D eigenvalue weighted by Crippen LogP contribution is -2.56. The zero-order chi connectivity index (χ0) is 10.2. The van der Waals surface area contributed by atoms with Crippen molar-refractivity contribution in [3.63, 3.8) is 0 Å². The highest BCUT2D eigenvalue weighted by molar-refractivity contribution is 5.38. The molecule has 2 rings (SSSR count). The molecule has 1 aliphatic heterocycles. The Labute approximate surface area is 83.7 Å². The van der Waals surface area contributed by atoms with E-state index in [0.717, 1.165) is 19.0 Å². The van der Waals surface area contributed by atoms with Crippen molar-refractivity contribution < 1.29 is 0 Å². The van der Waals surface area contributed by atoms with Gasteiger partial charge in [-0.05, 0) is 12.8 Å². The van der Waals surface area contributed by atoms with Gasteiger partial charge in [0.15, 0.2) is 0 Å². The average Bonchev–Trinajstić information content (AvgIpc) is 2.52. The van der Waals surface area contributed by atoms with Crippen LogP contribution in [-0.2, 0) is 0 Å². The number of nitrogen functional groups attached to an aromatic ring is 1. The van der Waals surface area contributed by atoms with E-state index in [-0.39, 0.29) is 0 Å². The molecule has 1 aromatic heterocycles. The zero-order valence-corrected chi connectivity index (χ0v) is 8.75. The van der Waals surface area contributed by atoms with Crippen molar-refractivity contribution in [1.29, 1.82) is 0 Å². The molecule has 0 radical (unpaired) electrons. The topological polar surface area (TPSA) is 70.8 Å². The molecular weight excluding hydrogens is 178 g/mol. The van der Waals surface area contributed by atoms with Crippen LogP contribution in [0.3, 0.4) is 0 Å². The predicted octanol–water partition coefficient (Wildman–Crippen LogP) is 1.01. The van der Waals surface area contributed by atoms with Crippen LogP contribution in [-0.4, -0.2) is 28.3 Å². The van der Waals surface area contributed by atoms with Gasteiger partial charge in [0.05, 0.1) is 0 Å². The van der Waals surface area contributed by atoms with Crippen molar-refractivity contribution in [3.05, 3.63) is 0 Å². The Balaban J connectivity index is 2.00. The summed E-state index contributed by atoms with van der Waals surface area (Å²) < 4.78 is 0. The fraction of sp³-hybridized carbons (Fsp3) is 0.778. The number of hydrogen-bond acceptors (Lipinski definition) is 4.